The first kappa shape index (κ1) is 11.4. The molecular weight excluding hydrogens is 210 g/mol. The van der Waals surface area contributed by atoms with Crippen molar-refractivity contribution in [2.45, 2.75) is 38.7 Å². The van der Waals surface area contributed by atoms with Crippen molar-refractivity contribution in [3.8, 4) is 5.75 Å². The van der Waals surface area contributed by atoms with E-state index in [0.717, 1.165) is 12.8 Å². The maximum atomic E-state index is 11.9. The Morgan fingerprint density at radius 3 is 2.12 bits per heavy atom. The number of ether oxygens (including phenoxy) is 1. The molecule has 2 rings (SSSR count). The van der Waals surface area contributed by atoms with E-state index in [1.807, 2.05) is 12.1 Å². The van der Waals surface area contributed by atoms with Gasteiger partial charge in [-0.25, -0.2) is 0 Å². The largest absolute Gasteiger partial charge is 0.435 e. The minimum atomic E-state index is -2.74. The normalized spacial score (nSPS) is 17.7. The molecule has 0 unspecified atom stereocenters. The second-order valence-electron chi connectivity index (χ2n) is 4.07. The van der Waals surface area contributed by atoms with E-state index >= 15 is 0 Å². The molecule has 1 nitrogen and oxygen atoms in total. The van der Waals surface area contributed by atoms with Crippen molar-refractivity contribution in [2.24, 2.45) is 0 Å². The molecule has 16 heavy (non-hydrogen) atoms. The standard InChI is InChI=1S/C13H15F2O/c14-13(15)16-12-8-6-11(7-9-12)10-4-2-1-3-5-10/h6-9,13H,1-5H2. The van der Waals surface area contributed by atoms with Crippen molar-refractivity contribution in [3.05, 3.63) is 35.7 Å². The fraction of sp³-hybridized carbons (Fsp3) is 0.462. The van der Waals surface area contributed by atoms with Crippen LogP contribution in [0.3, 0.4) is 0 Å². The molecule has 1 aliphatic carbocycles. The third-order valence-electron chi connectivity index (χ3n) is 2.94. The highest BCUT2D eigenvalue weighted by molar-refractivity contribution is 5.36. The molecule has 1 fully saturated rings. The Hall–Kier alpha value is -1.12. The van der Waals surface area contributed by atoms with E-state index in [0.29, 0.717) is 0 Å². The van der Waals surface area contributed by atoms with Crippen LogP contribution < -0.4 is 4.74 Å². The molecule has 1 aromatic carbocycles. The summed E-state index contributed by atoms with van der Waals surface area (Å²) in [5.74, 6) is 1.67. The molecule has 0 heterocycles. The van der Waals surface area contributed by atoms with Gasteiger partial charge in [-0.1, -0.05) is 31.4 Å². The van der Waals surface area contributed by atoms with Gasteiger partial charge in [-0.15, -0.1) is 0 Å². The predicted molar refractivity (Wildman–Crippen MR) is 58.5 cm³/mol. The van der Waals surface area contributed by atoms with Gasteiger partial charge in [0, 0.05) is 5.92 Å². The average Bonchev–Trinajstić information content (AvgIpc) is 2.30. The Morgan fingerprint density at radius 1 is 0.938 bits per heavy atom. The highest BCUT2D eigenvalue weighted by Gasteiger charge is 2.16. The quantitative estimate of drug-likeness (QED) is 0.750. The van der Waals surface area contributed by atoms with Crippen LogP contribution in [0.4, 0.5) is 8.78 Å². The number of hydrogen-bond acceptors (Lipinski definition) is 1. The van der Waals surface area contributed by atoms with Gasteiger partial charge in [0.1, 0.15) is 5.75 Å². The van der Waals surface area contributed by atoms with E-state index in [2.05, 4.69) is 4.74 Å². The summed E-state index contributed by atoms with van der Waals surface area (Å²) in [5.41, 5.74) is 1.17. The molecule has 0 N–H and O–H groups in total. The summed E-state index contributed by atoms with van der Waals surface area (Å²) in [6.45, 7) is -2.74. The van der Waals surface area contributed by atoms with Gasteiger partial charge in [-0.3, -0.25) is 0 Å². The third-order valence-corrected chi connectivity index (χ3v) is 2.94. The average molecular weight is 225 g/mol. The van der Waals surface area contributed by atoms with Crippen molar-refractivity contribution in [3.63, 3.8) is 0 Å². The molecular formula is C13H15F2O. The summed E-state index contributed by atoms with van der Waals surface area (Å²) in [5, 5.41) is 0. The molecule has 0 spiro atoms. The molecule has 0 amide bonds. The van der Waals surface area contributed by atoms with Crippen LogP contribution in [0.15, 0.2) is 24.3 Å². The molecule has 1 saturated carbocycles. The molecule has 87 valence electrons. The van der Waals surface area contributed by atoms with Gasteiger partial charge < -0.3 is 4.74 Å². The Morgan fingerprint density at radius 2 is 1.56 bits per heavy atom. The number of rotatable bonds is 3. The highest BCUT2D eigenvalue weighted by atomic mass is 19.3. The molecule has 0 saturated heterocycles. The lowest BCUT2D eigenvalue weighted by Crippen LogP contribution is -2.06. The van der Waals surface area contributed by atoms with E-state index in [4.69, 9.17) is 0 Å². The van der Waals surface area contributed by atoms with Crippen LogP contribution >= 0.6 is 0 Å². The van der Waals surface area contributed by atoms with E-state index in [1.165, 1.54) is 30.7 Å². The van der Waals surface area contributed by atoms with Crippen molar-refractivity contribution in [2.75, 3.05) is 0 Å². The maximum absolute atomic E-state index is 11.9. The first-order valence-corrected chi connectivity index (χ1v) is 5.65. The van der Waals surface area contributed by atoms with Gasteiger partial charge >= 0.3 is 6.61 Å². The number of halogens is 2. The Labute approximate surface area is 94.4 Å². The maximum Gasteiger partial charge on any atom is 0.387 e. The summed E-state index contributed by atoms with van der Waals surface area (Å²) in [6.07, 6.45) is 6.05. The molecule has 3 heteroatoms. The SMILES string of the molecule is FC(F)Oc1ccc([C]2CCCCC2)cc1. The summed E-state index contributed by atoms with van der Waals surface area (Å²) in [4.78, 5) is 0. The van der Waals surface area contributed by atoms with E-state index < -0.39 is 6.61 Å². The monoisotopic (exact) mass is 225 g/mol. The fourth-order valence-electron chi connectivity index (χ4n) is 2.14. The smallest absolute Gasteiger partial charge is 0.387 e. The Balaban J connectivity index is 2.00. The predicted octanol–water partition coefficient (Wildman–Crippen LogP) is 4.17. The Kier molecular flexibility index (Phi) is 3.75. The first-order valence-electron chi connectivity index (χ1n) is 5.65. The number of alkyl halides is 2. The van der Waals surface area contributed by atoms with Gasteiger partial charge in [0.15, 0.2) is 0 Å². The second-order valence-corrected chi connectivity index (χ2v) is 4.07. The van der Waals surface area contributed by atoms with Crippen LogP contribution in [0.25, 0.3) is 0 Å². The Bertz CT molecular complexity index is 315. The molecule has 1 aromatic rings. The zero-order valence-corrected chi connectivity index (χ0v) is 9.09. The van der Waals surface area contributed by atoms with Crippen molar-refractivity contribution in [1.29, 1.82) is 0 Å². The van der Waals surface area contributed by atoms with E-state index in [-0.39, 0.29) is 5.75 Å². The van der Waals surface area contributed by atoms with Gasteiger partial charge in [0.2, 0.25) is 0 Å². The molecule has 0 bridgehead atoms. The summed E-state index contributed by atoms with van der Waals surface area (Å²) >= 11 is 0. The van der Waals surface area contributed by atoms with Crippen LogP contribution in [0.2, 0.25) is 0 Å². The topological polar surface area (TPSA) is 9.23 Å². The number of benzene rings is 1. The lowest BCUT2D eigenvalue weighted by molar-refractivity contribution is -0.0498. The second kappa shape index (κ2) is 5.28. The van der Waals surface area contributed by atoms with Crippen LogP contribution in [0.5, 0.6) is 5.75 Å². The van der Waals surface area contributed by atoms with Gasteiger partial charge in [0.05, 0.1) is 0 Å². The van der Waals surface area contributed by atoms with Crippen LogP contribution in [0.1, 0.15) is 37.7 Å². The third kappa shape index (κ3) is 2.94. The fourth-order valence-corrected chi connectivity index (χ4v) is 2.14. The first-order chi connectivity index (χ1) is 7.75. The lowest BCUT2D eigenvalue weighted by atomic mass is 9.84. The molecule has 1 radical (unpaired) electrons. The lowest BCUT2D eigenvalue weighted by Gasteiger charge is -2.21. The molecule has 0 aliphatic heterocycles. The van der Waals surface area contributed by atoms with Crippen molar-refractivity contribution in [1.82, 2.24) is 0 Å². The van der Waals surface area contributed by atoms with Gasteiger partial charge in [0.25, 0.3) is 0 Å². The van der Waals surface area contributed by atoms with E-state index in [1.54, 1.807) is 12.1 Å². The zero-order chi connectivity index (χ0) is 11.4. The van der Waals surface area contributed by atoms with Gasteiger partial charge in [-0.05, 0) is 30.5 Å². The van der Waals surface area contributed by atoms with Gasteiger partial charge in [-0.2, -0.15) is 8.78 Å². The summed E-state index contributed by atoms with van der Waals surface area (Å²) < 4.78 is 28.2. The van der Waals surface area contributed by atoms with E-state index in [9.17, 15) is 8.78 Å². The van der Waals surface area contributed by atoms with Crippen molar-refractivity contribution < 1.29 is 13.5 Å². The minimum Gasteiger partial charge on any atom is -0.435 e. The molecule has 0 aromatic heterocycles. The summed E-state index contributed by atoms with van der Waals surface area (Å²) in [6, 6.07) is 6.98. The summed E-state index contributed by atoms with van der Waals surface area (Å²) in [7, 11) is 0. The van der Waals surface area contributed by atoms with Crippen LogP contribution in [-0.2, 0) is 0 Å². The highest BCUT2D eigenvalue weighted by Crippen LogP contribution is 2.32. The van der Waals surface area contributed by atoms with Crippen LogP contribution in [0, 0.1) is 5.92 Å². The number of hydrogen-bond donors (Lipinski definition) is 0. The van der Waals surface area contributed by atoms with Crippen LogP contribution in [-0.4, -0.2) is 6.61 Å². The minimum absolute atomic E-state index is 0.232. The van der Waals surface area contributed by atoms with Crippen molar-refractivity contribution >= 4 is 0 Å². The zero-order valence-electron chi connectivity index (χ0n) is 9.09. The molecule has 1 aliphatic rings. The molecule has 0 atom stereocenters.